The van der Waals surface area contributed by atoms with Crippen LogP contribution < -0.4 is 15.0 Å². The van der Waals surface area contributed by atoms with Crippen LogP contribution in [0.2, 0.25) is 5.02 Å². The number of halogens is 1. The molecule has 0 radical (unpaired) electrons. The zero-order valence-electron chi connectivity index (χ0n) is 13.5. The van der Waals surface area contributed by atoms with Crippen molar-refractivity contribution in [3.63, 3.8) is 0 Å². The van der Waals surface area contributed by atoms with Crippen LogP contribution in [0, 0.1) is 5.92 Å². The van der Waals surface area contributed by atoms with E-state index >= 15 is 0 Å². The SMILES string of the molecule is COc1ccc(Cl)cc1NC(=O)C[NH+](C)CC1CCCCC1. The lowest BCUT2D eigenvalue weighted by Crippen LogP contribution is -3.10. The van der Waals surface area contributed by atoms with Crippen LogP contribution in [0.3, 0.4) is 0 Å². The van der Waals surface area contributed by atoms with Gasteiger partial charge in [-0.1, -0.05) is 30.9 Å². The molecule has 1 saturated carbocycles. The molecule has 1 aliphatic carbocycles. The number of quaternary nitrogens is 1. The van der Waals surface area contributed by atoms with Crippen molar-refractivity contribution in [1.29, 1.82) is 0 Å². The lowest BCUT2D eigenvalue weighted by atomic mass is 9.89. The Balaban J connectivity index is 1.85. The van der Waals surface area contributed by atoms with Crippen LogP contribution in [0.25, 0.3) is 0 Å². The average molecular weight is 326 g/mol. The van der Waals surface area contributed by atoms with E-state index in [1.165, 1.54) is 37.0 Å². The summed E-state index contributed by atoms with van der Waals surface area (Å²) >= 11 is 5.98. The standard InChI is InChI=1S/C17H25ClN2O2/c1-20(11-13-6-4-3-5-7-13)12-17(21)19-15-10-14(18)8-9-16(15)22-2/h8-10,13H,3-7,11-12H2,1-2H3,(H,19,21)/p+1. The largest absolute Gasteiger partial charge is 0.495 e. The number of benzene rings is 1. The van der Waals surface area contributed by atoms with Gasteiger partial charge in [-0.25, -0.2) is 0 Å². The summed E-state index contributed by atoms with van der Waals surface area (Å²) in [7, 11) is 3.67. The van der Waals surface area contributed by atoms with E-state index in [1.54, 1.807) is 25.3 Å². The Bertz CT molecular complexity index is 501. The van der Waals surface area contributed by atoms with Gasteiger partial charge in [0.15, 0.2) is 6.54 Å². The van der Waals surface area contributed by atoms with Gasteiger partial charge in [0.1, 0.15) is 5.75 Å². The van der Waals surface area contributed by atoms with Crippen LogP contribution in [-0.4, -0.2) is 33.2 Å². The molecule has 1 amide bonds. The van der Waals surface area contributed by atoms with Gasteiger partial charge in [0.2, 0.25) is 0 Å². The highest BCUT2D eigenvalue weighted by Gasteiger charge is 2.19. The quantitative estimate of drug-likeness (QED) is 0.843. The molecule has 2 rings (SSSR count). The number of methoxy groups -OCH3 is 1. The summed E-state index contributed by atoms with van der Waals surface area (Å²) in [5.41, 5.74) is 0.630. The Morgan fingerprint density at radius 1 is 1.36 bits per heavy atom. The number of ether oxygens (including phenoxy) is 1. The second-order valence-corrected chi connectivity index (χ2v) is 6.67. The van der Waals surface area contributed by atoms with Crippen LogP contribution in [-0.2, 0) is 4.79 Å². The van der Waals surface area contributed by atoms with Crippen molar-refractivity contribution in [2.75, 3.05) is 32.6 Å². The Hall–Kier alpha value is -1.26. The van der Waals surface area contributed by atoms with E-state index in [1.807, 2.05) is 0 Å². The van der Waals surface area contributed by atoms with E-state index < -0.39 is 0 Å². The molecule has 0 saturated heterocycles. The van der Waals surface area contributed by atoms with Gasteiger partial charge in [-0.2, -0.15) is 0 Å². The van der Waals surface area contributed by atoms with E-state index in [2.05, 4.69) is 12.4 Å². The lowest BCUT2D eigenvalue weighted by Gasteiger charge is -2.24. The molecule has 1 fully saturated rings. The van der Waals surface area contributed by atoms with E-state index in [0.717, 1.165) is 12.5 Å². The number of likely N-dealkylation sites (N-methyl/N-ethyl adjacent to an activating group) is 1. The number of carbonyl (C=O) groups is 1. The summed E-state index contributed by atoms with van der Waals surface area (Å²) in [5.74, 6) is 1.39. The first-order valence-electron chi connectivity index (χ1n) is 8.03. The predicted molar refractivity (Wildman–Crippen MR) is 89.8 cm³/mol. The van der Waals surface area contributed by atoms with Crippen LogP contribution >= 0.6 is 11.6 Å². The normalized spacial score (nSPS) is 17.0. The van der Waals surface area contributed by atoms with Crippen molar-refractivity contribution in [3.8, 4) is 5.75 Å². The number of amides is 1. The van der Waals surface area contributed by atoms with Crippen molar-refractivity contribution in [2.24, 2.45) is 5.92 Å². The highest BCUT2D eigenvalue weighted by atomic mass is 35.5. The lowest BCUT2D eigenvalue weighted by molar-refractivity contribution is -0.874. The number of hydrogen-bond donors (Lipinski definition) is 2. The van der Waals surface area contributed by atoms with E-state index in [9.17, 15) is 4.79 Å². The minimum absolute atomic E-state index is 0.00567. The minimum Gasteiger partial charge on any atom is -0.495 e. The third-order valence-electron chi connectivity index (χ3n) is 4.26. The summed E-state index contributed by atoms with van der Waals surface area (Å²) in [6, 6.07) is 5.22. The smallest absolute Gasteiger partial charge is 0.279 e. The topological polar surface area (TPSA) is 42.8 Å². The second kappa shape index (κ2) is 8.39. The maximum Gasteiger partial charge on any atom is 0.279 e. The number of carbonyl (C=O) groups excluding carboxylic acids is 1. The Labute approximate surface area is 137 Å². The average Bonchev–Trinajstić information content (AvgIpc) is 2.48. The fraction of sp³-hybridized carbons (Fsp3) is 0.588. The highest BCUT2D eigenvalue weighted by Crippen LogP contribution is 2.27. The molecule has 1 aromatic rings. The van der Waals surface area contributed by atoms with Crippen LogP contribution in [0.1, 0.15) is 32.1 Å². The monoisotopic (exact) mass is 325 g/mol. The molecule has 1 aliphatic rings. The first-order chi connectivity index (χ1) is 10.6. The van der Waals surface area contributed by atoms with Gasteiger partial charge in [0.25, 0.3) is 5.91 Å². The number of rotatable bonds is 6. The highest BCUT2D eigenvalue weighted by molar-refractivity contribution is 6.31. The van der Waals surface area contributed by atoms with Gasteiger partial charge in [0.05, 0.1) is 26.4 Å². The van der Waals surface area contributed by atoms with E-state index in [0.29, 0.717) is 23.0 Å². The molecule has 0 aromatic heterocycles. The van der Waals surface area contributed by atoms with Gasteiger partial charge in [-0.05, 0) is 31.0 Å². The van der Waals surface area contributed by atoms with Crippen molar-refractivity contribution >= 4 is 23.2 Å². The van der Waals surface area contributed by atoms with Gasteiger partial charge < -0.3 is 15.0 Å². The molecule has 22 heavy (non-hydrogen) atoms. The predicted octanol–water partition coefficient (Wildman–Crippen LogP) is 2.38. The molecule has 4 nitrogen and oxygen atoms in total. The first-order valence-corrected chi connectivity index (χ1v) is 8.41. The zero-order chi connectivity index (χ0) is 15.9. The van der Waals surface area contributed by atoms with Crippen LogP contribution in [0.15, 0.2) is 18.2 Å². The molecule has 1 aromatic carbocycles. The Morgan fingerprint density at radius 3 is 2.77 bits per heavy atom. The number of nitrogens with one attached hydrogen (secondary N) is 2. The van der Waals surface area contributed by atoms with E-state index in [4.69, 9.17) is 16.3 Å². The summed E-state index contributed by atoms with van der Waals surface area (Å²) in [4.78, 5) is 13.5. The van der Waals surface area contributed by atoms with Gasteiger partial charge in [0, 0.05) is 10.9 Å². The van der Waals surface area contributed by atoms with Gasteiger partial charge in [-0.15, -0.1) is 0 Å². The Kier molecular flexibility index (Phi) is 6.52. The fourth-order valence-electron chi connectivity index (χ4n) is 3.20. The molecular formula is C17H26ClN2O2+. The molecular weight excluding hydrogens is 300 g/mol. The molecule has 5 heteroatoms. The molecule has 0 aliphatic heterocycles. The van der Waals surface area contributed by atoms with Crippen molar-refractivity contribution in [3.05, 3.63) is 23.2 Å². The van der Waals surface area contributed by atoms with E-state index in [-0.39, 0.29) is 5.91 Å². The Morgan fingerprint density at radius 2 is 2.09 bits per heavy atom. The fourth-order valence-corrected chi connectivity index (χ4v) is 3.37. The molecule has 1 atom stereocenters. The summed E-state index contributed by atoms with van der Waals surface area (Å²) in [6.45, 7) is 1.53. The molecule has 2 N–H and O–H groups in total. The molecule has 0 spiro atoms. The van der Waals surface area contributed by atoms with Gasteiger partial charge in [-0.3, -0.25) is 4.79 Å². The molecule has 0 bridgehead atoms. The zero-order valence-corrected chi connectivity index (χ0v) is 14.2. The maximum absolute atomic E-state index is 12.2. The third kappa shape index (κ3) is 5.18. The number of hydrogen-bond acceptors (Lipinski definition) is 2. The second-order valence-electron chi connectivity index (χ2n) is 6.23. The van der Waals surface area contributed by atoms with Gasteiger partial charge >= 0.3 is 0 Å². The van der Waals surface area contributed by atoms with Crippen molar-refractivity contribution in [1.82, 2.24) is 0 Å². The maximum atomic E-state index is 12.2. The first kappa shape index (κ1) is 17.1. The summed E-state index contributed by atoms with van der Waals surface area (Å²) in [5, 5.41) is 3.48. The molecule has 122 valence electrons. The number of anilines is 1. The minimum atomic E-state index is -0.00567. The molecule has 0 heterocycles. The summed E-state index contributed by atoms with van der Waals surface area (Å²) < 4.78 is 5.25. The van der Waals surface area contributed by atoms with Crippen LogP contribution in [0.4, 0.5) is 5.69 Å². The van der Waals surface area contributed by atoms with Crippen molar-refractivity contribution in [2.45, 2.75) is 32.1 Å². The third-order valence-corrected chi connectivity index (χ3v) is 4.49. The summed E-state index contributed by atoms with van der Waals surface area (Å²) in [6.07, 6.45) is 6.65. The van der Waals surface area contributed by atoms with Crippen LogP contribution in [0.5, 0.6) is 5.75 Å². The molecule has 1 unspecified atom stereocenters. The van der Waals surface area contributed by atoms with Crippen molar-refractivity contribution < 1.29 is 14.4 Å².